The predicted octanol–water partition coefficient (Wildman–Crippen LogP) is 2.92. The summed E-state index contributed by atoms with van der Waals surface area (Å²) in [6.45, 7) is 0. The van der Waals surface area contributed by atoms with E-state index in [1.165, 1.54) is 18.4 Å². The number of fused-ring (bicyclic) bond motifs is 3. The van der Waals surface area contributed by atoms with Crippen LogP contribution in [0.2, 0.25) is 0 Å². The van der Waals surface area contributed by atoms with E-state index in [2.05, 4.69) is 9.84 Å². The summed E-state index contributed by atoms with van der Waals surface area (Å²) in [5, 5.41) is 6.32. The lowest BCUT2D eigenvalue weighted by atomic mass is 10.1. The molecule has 0 aliphatic carbocycles. The number of aryl methyl sites for hydroxylation is 1. The molecule has 108 valence electrons. The van der Waals surface area contributed by atoms with Crippen molar-refractivity contribution in [1.82, 2.24) is 9.78 Å². The normalized spacial score (nSPS) is 11.1. The first kappa shape index (κ1) is 13.8. The number of ether oxygens (including phenoxy) is 1. The number of thiophene rings is 1. The molecule has 0 fully saturated rings. The van der Waals surface area contributed by atoms with E-state index in [1.54, 1.807) is 0 Å². The summed E-state index contributed by atoms with van der Waals surface area (Å²) in [5.41, 5.74) is 1.04. The maximum atomic E-state index is 12.2. The zero-order valence-electron chi connectivity index (χ0n) is 11.8. The molecule has 0 unspecified atom stereocenters. The first-order valence-electron chi connectivity index (χ1n) is 6.54. The lowest BCUT2D eigenvalue weighted by molar-refractivity contribution is -0.140. The summed E-state index contributed by atoms with van der Waals surface area (Å²) in [4.78, 5) is 23.9. The molecule has 6 heteroatoms. The van der Waals surface area contributed by atoms with Crippen molar-refractivity contribution in [3.05, 3.63) is 29.3 Å². The molecule has 0 saturated carbocycles. The number of rotatable bonds is 4. The second-order valence-corrected chi connectivity index (χ2v) is 5.87. The molecule has 0 saturated heterocycles. The molecule has 0 atom stereocenters. The Balaban J connectivity index is 1.95. The van der Waals surface area contributed by atoms with Gasteiger partial charge in [-0.1, -0.05) is 0 Å². The van der Waals surface area contributed by atoms with Crippen molar-refractivity contribution in [3.63, 3.8) is 0 Å². The van der Waals surface area contributed by atoms with Gasteiger partial charge < -0.3 is 4.74 Å². The average molecular weight is 302 g/mol. The lowest BCUT2D eigenvalue weighted by Gasteiger charge is -1.96. The molecule has 0 radical (unpaired) electrons. The SMILES string of the molecule is COC(=O)CCC(=O)c1cc2c(ccc3c2cnn3C)s1. The number of methoxy groups -OCH3 is 1. The monoisotopic (exact) mass is 302 g/mol. The molecule has 0 aliphatic rings. The zero-order chi connectivity index (χ0) is 15.0. The summed E-state index contributed by atoms with van der Waals surface area (Å²) in [5.74, 6) is -0.391. The van der Waals surface area contributed by atoms with E-state index in [9.17, 15) is 9.59 Å². The summed E-state index contributed by atoms with van der Waals surface area (Å²) in [7, 11) is 3.22. The van der Waals surface area contributed by atoms with Gasteiger partial charge in [-0.2, -0.15) is 5.10 Å². The van der Waals surface area contributed by atoms with E-state index in [0.29, 0.717) is 4.88 Å². The molecule has 3 aromatic rings. The van der Waals surface area contributed by atoms with Crippen LogP contribution >= 0.6 is 11.3 Å². The lowest BCUT2D eigenvalue weighted by Crippen LogP contribution is -2.04. The second kappa shape index (κ2) is 5.29. The number of hydrogen-bond acceptors (Lipinski definition) is 5. The van der Waals surface area contributed by atoms with Crippen LogP contribution in [0.4, 0.5) is 0 Å². The van der Waals surface area contributed by atoms with E-state index >= 15 is 0 Å². The third-order valence-corrected chi connectivity index (χ3v) is 4.63. The van der Waals surface area contributed by atoms with Gasteiger partial charge in [0, 0.05) is 28.9 Å². The smallest absolute Gasteiger partial charge is 0.305 e. The van der Waals surface area contributed by atoms with Gasteiger partial charge in [0.2, 0.25) is 0 Å². The summed E-state index contributed by atoms with van der Waals surface area (Å²) in [6.07, 6.45) is 2.11. The van der Waals surface area contributed by atoms with Crippen LogP contribution in [-0.2, 0) is 16.6 Å². The number of carbonyl (C=O) groups is 2. The van der Waals surface area contributed by atoms with E-state index < -0.39 is 0 Å². The van der Waals surface area contributed by atoms with Gasteiger partial charge in [0.1, 0.15) is 0 Å². The van der Waals surface area contributed by atoms with Crippen LogP contribution in [-0.4, -0.2) is 28.6 Å². The van der Waals surface area contributed by atoms with Crippen LogP contribution < -0.4 is 0 Å². The van der Waals surface area contributed by atoms with Crippen molar-refractivity contribution in [3.8, 4) is 0 Å². The Morgan fingerprint density at radius 2 is 2.10 bits per heavy atom. The molecule has 0 aliphatic heterocycles. The van der Waals surface area contributed by atoms with Gasteiger partial charge in [0.15, 0.2) is 5.78 Å². The minimum absolute atomic E-state index is 0.0290. The van der Waals surface area contributed by atoms with Crippen LogP contribution in [0, 0.1) is 0 Å². The second-order valence-electron chi connectivity index (χ2n) is 4.79. The minimum Gasteiger partial charge on any atom is -0.469 e. The van der Waals surface area contributed by atoms with Crippen LogP contribution in [0.3, 0.4) is 0 Å². The van der Waals surface area contributed by atoms with Crippen molar-refractivity contribution < 1.29 is 14.3 Å². The van der Waals surface area contributed by atoms with Gasteiger partial charge in [0.25, 0.3) is 0 Å². The highest BCUT2D eigenvalue weighted by Crippen LogP contribution is 2.32. The number of aromatic nitrogens is 2. The van der Waals surface area contributed by atoms with E-state index in [4.69, 9.17) is 0 Å². The van der Waals surface area contributed by atoms with E-state index in [0.717, 1.165) is 21.0 Å². The highest BCUT2D eigenvalue weighted by Gasteiger charge is 2.14. The van der Waals surface area contributed by atoms with Crippen LogP contribution in [0.25, 0.3) is 21.0 Å². The highest BCUT2D eigenvalue weighted by molar-refractivity contribution is 7.21. The summed E-state index contributed by atoms with van der Waals surface area (Å²) < 4.78 is 7.42. The Bertz CT molecular complexity index is 847. The first-order chi connectivity index (χ1) is 10.1. The number of Topliss-reactive ketones (excluding diaryl/α,β-unsaturated/α-hetero) is 1. The van der Waals surface area contributed by atoms with E-state index in [-0.39, 0.29) is 24.6 Å². The van der Waals surface area contributed by atoms with Crippen molar-refractivity contribution in [2.45, 2.75) is 12.8 Å². The largest absolute Gasteiger partial charge is 0.469 e. The number of hydrogen-bond donors (Lipinski definition) is 0. The topological polar surface area (TPSA) is 61.2 Å². The fraction of sp³-hybridized carbons (Fsp3) is 0.267. The standard InChI is InChI=1S/C15H14N2O3S/c1-17-11-3-5-13-9(10(11)8-16-17)7-14(21-13)12(18)4-6-15(19)20-2/h3,5,7-8H,4,6H2,1-2H3. The molecule has 0 amide bonds. The van der Waals surface area contributed by atoms with Gasteiger partial charge in [0.05, 0.1) is 30.1 Å². The van der Waals surface area contributed by atoms with Gasteiger partial charge >= 0.3 is 5.97 Å². The van der Waals surface area contributed by atoms with Crippen LogP contribution in [0.15, 0.2) is 24.4 Å². The number of carbonyl (C=O) groups excluding carboxylic acids is 2. The van der Waals surface area contributed by atoms with Gasteiger partial charge in [-0.3, -0.25) is 14.3 Å². The average Bonchev–Trinajstić information content (AvgIpc) is 3.08. The van der Waals surface area contributed by atoms with Crippen molar-refractivity contribution in [2.75, 3.05) is 7.11 Å². The summed E-state index contributed by atoms with van der Waals surface area (Å²) in [6, 6.07) is 5.90. The first-order valence-corrected chi connectivity index (χ1v) is 7.36. The van der Waals surface area contributed by atoms with Crippen molar-refractivity contribution in [1.29, 1.82) is 0 Å². The molecular formula is C15H14N2O3S. The van der Waals surface area contributed by atoms with Crippen molar-refractivity contribution in [2.24, 2.45) is 7.05 Å². The Labute approximate surface area is 125 Å². The quantitative estimate of drug-likeness (QED) is 0.549. The molecule has 2 aromatic heterocycles. The fourth-order valence-electron chi connectivity index (χ4n) is 2.32. The van der Waals surface area contributed by atoms with Gasteiger partial charge in [-0.05, 0) is 18.2 Å². The number of nitrogens with zero attached hydrogens (tertiary/aromatic N) is 2. The zero-order valence-corrected chi connectivity index (χ0v) is 12.6. The summed E-state index contributed by atoms with van der Waals surface area (Å²) >= 11 is 1.45. The molecule has 0 bridgehead atoms. The Morgan fingerprint density at radius 1 is 1.29 bits per heavy atom. The van der Waals surface area contributed by atoms with Gasteiger partial charge in [-0.15, -0.1) is 11.3 Å². The molecule has 0 N–H and O–H groups in total. The van der Waals surface area contributed by atoms with Crippen LogP contribution in [0.5, 0.6) is 0 Å². The predicted molar refractivity (Wildman–Crippen MR) is 81.7 cm³/mol. The van der Waals surface area contributed by atoms with Crippen molar-refractivity contribution >= 4 is 44.1 Å². The van der Waals surface area contributed by atoms with E-state index in [1.807, 2.05) is 36.1 Å². The highest BCUT2D eigenvalue weighted by atomic mass is 32.1. The molecule has 21 heavy (non-hydrogen) atoms. The maximum absolute atomic E-state index is 12.2. The third-order valence-electron chi connectivity index (χ3n) is 3.49. The molecule has 3 rings (SSSR count). The Kier molecular flexibility index (Phi) is 3.47. The van der Waals surface area contributed by atoms with Crippen LogP contribution in [0.1, 0.15) is 22.5 Å². The fourth-order valence-corrected chi connectivity index (χ4v) is 3.37. The molecule has 1 aromatic carbocycles. The third kappa shape index (κ3) is 2.42. The number of benzene rings is 1. The molecule has 5 nitrogen and oxygen atoms in total. The molecule has 2 heterocycles. The Hall–Kier alpha value is -2.21. The molecule has 0 spiro atoms. The number of ketones is 1. The Morgan fingerprint density at radius 3 is 2.86 bits per heavy atom. The number of esters is 1. The van der Waals surface area contributed by atoms with Gasteiger partial charge in [-0.25, -0.2) is 0 Å². The molecular weight excluding hydrogens is 288 g/mol. The minimum atomic E-state index is -0.362. The maximum Gasteiger partial charge on any atom is 0.305 e.